The highest BCUT2D eigenvalue weighted by atomic mass is 32.2. The summed E-state index contributed by atoms with van der Waals surface area (Å²) in [5.74, 6) is 0. The van der Waals surface area contributed by atoms with Crippen LogP contribution in [0.5, 0.6) is 0 Å². The maximum Gasteiger partial charge on any atom is 0.267 e. The first-order valence-electron chi connectivity index (χ1n) is 7.56. The van der Waals surface area contributed by atoms with Gasteiger partial charge in [0.1, 0.15) is 4.90 Å². The van der Waals surface area contributed by atoms with Gasteiger partial charge in [-0.15, -0.1) is 0 Å². The summed E-state index contributed by atoms with van der Waals surface area (Å²) in [7, 11) is -1.98. The van der Waals surface area contributed by atoms with Crippen LogP contribution in [0.25, 0.3) is 11.3 Å². The molecule has 0 saturated carbocycles. The van der Waals surface area contributed by atoms with Gasteiger partial charge in [-0.2, -0.15) is 5.10 Å². The van der Waals surface area contributed by atoms with Gasteiger partial charge in [0.2, 0.25) is 9.84 Å². The number of nitrogens with one attached hydrogen (secondary N) is 1. The van der Waals surface area contributed by atoms with Gasteiger partial charge in [0.15, 0.2) is 0 Å². The van der Waals surface area contributed by atoms with Crippen molar-refractivity contribution in [1.82, 2.24) is 14.8 Å². The number of H-pyrrole nitrogens is 1. The standard InChI is InChI=1S/C17H15N3O3S/c1-20-14-8-7-11-9-15(17(21)19-16(11)13(14)10-18-20)24(22,23)12-5-3-2-4-6-12/h2-6,9-10H,7-8H2,1H3,(H,19,21). The normalized spacial score (nSPS) is 13.4. The molecule has 1 aromatic carbocycles. The van der Waals surface area contributed by atoms with E-state index in [0.717, 1.165) is 23.2 Å². The summed E-state index contributed by atoms with van der Waals surface area (Å²) in [6, 6.07) is 9.51. The summed E-state index contributed by atoms with van der Waals surface area (Å²) in [5.41, 5.74) is 2.79. The molecule has 0 unspecified atom stereocenters. The number of hydrogen-bond acceptors (Lipinski definition) is 4. The number of aromatic amines is 1. The molecule has 0 bridgehead atoms. The second kappa shape index (κ2) is 5.17. The predicted molar refractivity (Wildman–Crippen MR) is 88.6 cm³/mol. The molecule has 2 heterocycles. The Labute approximate surface area is 138 Å². The Bertz CT molecular complexity index is 1100. The number of pyridine rings is 1. The smallest absolute Gasteiger partial charge is 0.267 e. The lowest BCUT2D eigenvalue weighted by Gasteiger charge is -2.17. The molecule has 24 heavy (non-hydrogen) atoms. The van der Waals surface area contributed by atoms with Gasteiger partial charge in [-0.1, -0.05) is 18.2 Å². The van der Waals surface area contributed by atoms with Crippen LogP contribution in [-0.4, -0.2) is 23.2 Å². The van der Waals surface area contributed by atoms with Crippen molar-refractivity contribution >= 4 is 9.84 Å². The third-order valence-corrected chi connectivity index (χ3v) is 6.17. The Hall–Kier alpha value is -2.67. The highest BCUT2D eigenvalue weighted by Crippen LogP contribution is 2.32. The minimum atomic E-state index is -3.84. The first kappa shape index (κ1) is 14.9. The molecule has 0 atom stereocenters. The molecule has 1 aliphatic rings. The summed E-state index contributed by atoms with van der Waals surface area (Å²) in [4.78, 5) is 15.1. The quantitative estimate of drug-likeness (QED) is 0.769. The minimum Gasteiger partial charge on any atom is -0.320 e. The van der Waals surface area contributed by atoms with Gasteiger partial charge in [0, 0.05) is 18.3 Å². The molecule has 0 radical (unpaired) electrons. The van der Waals surface area contributed by atoms with E-state index in [1.807, 2.05) is 7.05 Å². The van der Waals surface area contributed by atoms with Crippen molar-refractivity contribution in [3.05, 3.63) is 64.2 Å². The van der Waals surface area contributed by atoms with Crippen LogP contribution in [0.3, 0.4) is 0 Å². The first-order valence-corrected chi connectivity index (χ1v) is 9.04. The van der Waals surface area contributed by atoms with Crippen LogP contribution in [0.1, 0.15) is 11.3 Å². The number of aryl methyl sites for hydroxylation is 2. The van der Waals surface area contributed by atoms with E-state index < -0.39 is 15.4 Å². The molecule has 6 nitrogen and oxygen atoms in total. The summed E-state index contributed by atoms with van der Waals surface area (Å²) in [6.07, 6.45) is 3.13. The lowest BCUT2D eigenvalue weighted by Crippen LogP contribution is -2.21. The highest BCUT2D eigenvalue weighted by molar-refractivity contribution is 7.91. The van der Waals surface area contributed by atoms with Gasteiger partial charge >= 0.3 is 0 Å². The monoisotopic (exact) mass is 341 g/mol. The molecule has 0 amide bonds. The number of aromatic nitrogens is 3. The van der Waals surface area contributed by atoms with Crippen LogP contribution in [0, 0.1) is 0 Å². The lowest BCUT2D eigenvalue weighted by molar-refractivity contribution is 0.594. The van der Waals surface area contributed by atoms with Gasteiger partial charge in [0.05, 0.1) is 16.8 Å². The van der Waals surface area contributed by atoms with E-state index in [-0.39, 0.29) is 9.79 Å². The van der Waals surface area contributed by atoms with E-state index in [0.29, 0.717) is 12.1 Å². The zero-order chi connectivity index (χ0) is 16.9. The minimum absolute atomic E-state index is 0.119. The molecule has 0 aliphatic heterocycles. The van der Waals surface area contributed by atoms with E-state index >= 15 is 0 Å². The fourth-order valence-electron chi connectivity index (χ4n) is 3.14. The molecule has 0 fully saturated rings. The Morgan fingerprint density at radius 3 is 2.67 bits per heavy atom. The number of nitrogens with zero attached hydrogens (tertiary/aromatic N) is 2. The number of rotatable bonds is 2. The fraction of sp³-hybridized carbons (Fsp3) is 0.176. The second-order valence-electron chi connectivity index (χ2n) is 5.81. The van der Waals surface area contributed by atoms with Gasteiger partial charge < -0.3 is 4.98 Å². The van der Waals surface area contributed by atoms with Gasteiger partial charge in [-0.05, 0) is 36.6 Å². The largest absolute Gasteiger partial charge is 0.320 e. The van der Waals surface area contributed by atoms with Crippen molar-refractivity contribution in [2.45, 2.75) is 22.6 Å². The third kappa shape index (κ3) is 2.12. The van der Waals surface area contributed by atoms with E-state index in [1.165, 1.54) is 18.2 Å². The Morgan fingerprint density at radius 1 is 1.17 bits per heavy atom. The van der Waals surface area contributed by atoms with Crippen molar-refractivity contribution in [1.29, 1.82) is 0 Å². The molecule has 122 valence electrons. The molecule has 7 heteroatoms. The zero-order valence-electron chi connectivity index (χ0n) is 13.0. The van der Waals surface area contributed by atoms with Gasteiger partial charge in [0.25, 0.3) is 5.56 Å². The predicted octanol–water partition coefficient (Wildman–Crippen LogP) is 1.71. The molecular weight excluding hydrogens is 326 g/mol. The van der Waals surface area contributed by atoms with Crippen LogP contribution < -0.4 is 5.56 Å². The van der Waals surface area contributed by atoms with Crippen molar-refractivity contribution < 1.29 is 8.42 Å². The summed E-state index contributed by atoms with van der Waals surface area (Å²) >= 11 is 0. The van der Waals surface area contributed by atoms with E-state index in [1.54, 1.807) is 29.1 Å². The van der Waals surface area contributed by atoms with E-state index in [4.69, 9.17) is 0 Å². The third-order valence-electron chi connectivity index (χ3n) is 4.39. The van der Waals surface area contributed by atoms with Crippen molar-refractivity contribution in [3.63, 3.8) is 0 Å². The summed E-state index contributed by atoms with van der Waals surface area (Å²) in [6.45, 7) is 0. The average molecular weight is 341 g/mol. The van der Waals surface area contributed by atoms with Crippen LogP contribution >= 0.6 is 0 Å². The number of benzene rings is 1. The topological polar surface area (TPSA) is 84.8 Å². The Kier molecular flexibility index (Phi) is 3.21. The lowest BCUT2D eigenvalue weighted by atomic mass is 9.94. The van der Waals surface area contributed by atoms with Crippen LogP contribution in [-0.2, 0) is 29.7 Å². The summed E-state index contributed by atoms with van der Waals surface area (Å²) in [5, 5.41) is 4.22. The van der Waals surface area contributed by atoms with Gasteiger partial charge in [-0.25, -0.2) is 8.42 Å². The van der Waals surface area contributed by atoms with Gasteiger partial charge in [-0.3, -0.25) is 9.48 Å². The zero-order valence-corrected chi connectivity index (χ0v) is 13.8. The van der Waals surface area contributed by atoms with E-state index in [2.05, 4.69) is 10.1 Å². The molecule has 1 aliphatic carbocycles. The van der Waals surface area contributed by atoms with Crippen LogP contribution in [0.4, 0.5) is 0 Å². The molecule has 0 spiro atoms. The van der Waals surface area contributed by atoms with Crippen LogP contribution in [0.15, 0.2) is 57.2 Å². The molecule has 1 N–H and O–H groups in total. The van der Waals surface area contributed by atoms with Crippen LogP contribution in [0.2, 0.25) is 0 Å². The Balaban J connectivity index is 1.92. The van der Waals surface area contributed by atoms with Crippen molar-refractivity contribution in [2.75, 3.05) is 0 Å². The number of hydrogen-bond donors (Lipinski definition) is 1. The number of sulfone groups is 1. The maximum absolute atomic E-state index is 12.8. The molecule has 4 rings (SSSR count). The molecule has 2 aromatic heterocycles. The van der Waals surface area contributed by atoms with E-state index in [9.17, 15) is 13.2 Å². The summed E-state index contributed by atoms with van der Waals surface area (Å²) < 4.78 is 27.3. The molecule has 0 saturated heterocycles. The second-order valence-corrected chi connectivity index (χ2v) is 7.73. The first-order chi connectivity index (χ1) is 11.5. The molecule has 3 aromatic rings. The maximum atomic E-state index is 12.8. The molecular formula is C17H15N3O3S. The Morgan fingerprint density at radius 2 is 1.92 bits per heavy atom. The number of fused-ring (bicyclic) bond motifs is 3. The average Bonchev–Trinajstić information content (AvgIpc) is 2.96. The SMILES string of the molecule is Cn1ncc2c1CCc1cc(S(=O)(=O)c3ccccc3)c(=O)[nH]c1-2. The fourth-order valence-corrected chi connectivity index (χ4v) is 4.50. The highest BCUT2D eigenvalue weighted by Gasteiger charge is 2.26. The van der Waals surface area contributed by atoms with Crippen molar-refractivity contribution in [2.24, 2.45) is 7.05 Å². The van der Waals surface area contributed by atoms with Crippen molar-refractivity contribution in [3.8, 4) is 11.3 Å².